The molecule has 1 fully saturated rings. The summed E-state index contributed by atoms with van der Waals surface area (Å²) in [5.74, 6) is 0.101. The number of amides is 1. The van der Waals surface area contributed by atoms with Gasteiger partial charge in [0.15, 0.2) is 4.96 Å². The van der Waals surface area contributed by atoms with Crippen molar-refractivity contribution in [3.63, 3.8) is 0 Å². The molecule has 4 rings (SSSR count). The smallest absolute Gasteiger partial charge is 0.265 e. The molecule has 2 heterocycles. The van der Waals surface area contributed by atoms with Gasteiger partial charge in [0.2, 0.25) is 0 Å². The Morgan fingerprint density at radius 3 is 2.72 bits per heavy atom. The van der Waals surface area contributed by atoms with E-state index in [4.69, 9.17) is 5.73 Å². The number of rotatable bonds is 2. The summed E-state index contributed by atoms with van der Waals surface area (Å²) in [4.78, 5) is 20.9. The van der Waals surface area contributed by atoms with Crippen molar-refractivity contribution in [1.82, 2.24) is 14.3 Å². The molecule has 25 heavy (non-hydrogen) atoms. The Kier molecular flexibility index (Phi) is 6.19. The Bertz CT molecular complexity index is 885. The molecule has 2 N–H and O–H groups in total. The van der Waals surface area contributed by atoms with Crippen molar-refractivity contribution in [2.75, 3.05) is 12.8 Å². The minimum absolute atomic E-state index is 0. The summed E-state index contributed by atoms with van der Waals surface area (Å²) in [5, 5.41) is 0. The van der Waals surface area contributed by atoms with Crippen LogP contribution in [0.4, 0.5) is 5.69 Å². The number of halogens is 2. The highest BCUT2D eigenvalue weighted by Gasteiger charge is 2.25. The molecule has 1 amide bonds. The van der Waals surface area contributed by atoms with Gasteiger partial charge in [0.25, 0.3) is 5.91 Å². The molecular formula is C17H22Cl2N4OS. The first kappa shape index (κ1) is 19.8. The lowest BCUT2D eigenvalue weighted by molar-refractivity contribution is 0.0701. The van der Waals surface area contributed by atoms with Crippen LogP contribution in [0.5, 0.6) is 0 Å². The molecule has 2 aromatic heterocycles. The second-order valence-electron chi connectivity index (χ2n) is 6.32. The maximum absolute atomic E-state index is 12.8. The number of carbonyl (C=O) groups is 1. The van der Waals surface area contributed by atoms with Gasteiger partial charge < -0.3 is 10.6 Å². The Hall–Kier alpha value is -1.50. The van der Waals surface area contributed by atoms with Crippen molar-refractivity contribution < 1.29 is 4.79 Å². The first-order chi connectivity index (χ1) is 11.1. The molecule has 8 heteroatoms. The molecule has 1 aliphatic carbocycles. The topological polar surface area (TPSA) is 63.6 Å². The van der Waals surface area contributed by atoms with Crippen LogP contribution in [0.2, 0.25) is 0 Å². The van der Waals surface area contributed by atoms with Crippen LogP contribution in [0.3, 0.4) is 0 Å². The van der Waals surface area contributed by atoms with Gasteiger partial charge in [-0.3, -0.25) is 9.20 Å². The van der Waals surface area contributed by atoms with E-state index >= 15 is 0 Å². The standard InChI is InChI=1S/C17H20N4OS.2ClH/c1-20(12-5-3-2-4-6-12)16(22)15-10-21-14-9-11(18)7-8-13(14)19-17(21)23-15;;/h7-10,12H,2-6,18H2,1H3;2*1H. The van der Waals surface area contributed by atoms with E-state index in [9.17, 15) is 4.79 Å². The summed E-state index contributed by atoms with van der Waals surface area (Å²) in [7, 11) is 1.93. The first-order valence-electron chi connectivity index (χ1n) is 8.08. The van der Waals surface area contributed by atoms with Gasteiger partial charge in [-0.2, -0.15) is 0 Å². The zero-order valence-corrected chi connectivity index (χ0v) is 16.4. The third kappa shape index (κ3) is 3.57. The van der Waals surface area contributed by atoms with Gasteiger partial charge in [0, 0.05) is 25.0 Å². The van der Waals surface area contributed by atoms with Crippen molar-refractivity contribution in [2.24, 2.45) is 0 Å². The fourth-order valence-corrected chi connectivity index (χ4v) is 4.41. The molecule has 0 saturated heterocycles. The van der Waals surface area contributed by atoms with Crippen LogP contribution in [0, 0.1) is 0 Å². The van der Waals surface area contributed by atoms with Gasteiger partial charge >= 0.3 is 0 Å². The van der Waals surface area contributed by atoms with Gasteiger partial charge in [-0.05, 0) is 31.0 Å². The van der Waals surface area contributed by atoms with E-state index in [1.54, 1.807) is 0 Å². The molecule has 1 aliphatic rings. The number of hydrogen-bond donors (Lipinski definition) is 1. The monoisotopic (exact) mass is 400 g/mol. The zero-order valence-electron chi connectivity index (χ0n) is 14.0. The fraction of sp³-hybridized carbons (Fsp3) is 0.412. The van der Waals surface area contributed by atoms with Gasteiger partial charge in [-0.1, -0.05) is 30.6 Å². The predicted molar refractivity (Wildman–Crippen MR) is 108 cm³/mol. The molecule has 0 spiro atoms. The Balaban J connectivity index is 0.00000113. The summed E-state index contributed by atoms with van der Waals surface area (Å²) in [5.41, 5.74) is 8.44. The molecule has 0 unspecified atom stereocenters. The number of carbonyl (C=O) groups excluding carboxylic acids is 1. The fourth-order valence-electron chi connectivity index (χ4n) is 3.43. The van der Waals surface area contributed by atoms with E-state index in [1.165, 1.54) is 30.6 Å². The summed E-state index contributed by atoms with van der Waals surface area (Å²) < 4.78 is 1.97. The quantitative estimate of drug-likeness (QED) is 0.649. The highest BCUT2D eigenvalue weighted by molar-refractivity contribution is 7.18. The number of anilines is 1. The van der Waals surface area contributed by atoms with Gasteiger partial charge in [0.1, 0.15) is 4.88 Å². The van der Waals surface area contributed by atoms with Crippen LogP contribution < -0.4 is 5.73 Å². The van der Waals surface area contributed by atoms with Crippen molar-refractivity contribution in [1.29, 1.82) is 0 Å². The lowest BCUT2D eigenvalue weighted by Crippen LogP contribution is -2.37. The van der Waals surface area contributed by atoms with Crippen LogP contribution in [0.1, 0.15) is 41.8 Å². The largest absolute Gasteiger partial charge is 0.399 e. The molecule has 5 nitrogen and oxygen atoms in total. The van der Waals surface area contributed by atoms with Gasteiger partial charge in [-0.15, -0.1) is 24.8 Å². The van der Waals surface area contributed by atoms with Crippen LogP contribution >= 0.6 is 36.2 Å². The van der Waals surface area contributed by atoms with Crippen molar-refractivity contribution >= 4 is 63.7 Å². The number of benzene rings is 1. The maximum Gasteiger partial charge on any atom is 0.265 e. The van der Waals surface area contributed by atoms with Crippen molar-refractivity contribution in [3.05, 3.63) is 29.3 Å². The number of aromatic nitrogens is 2. The van der Waals surface area contributed by atoms with Crippen LogP contribution in [0.25, 0.3) is 16.0 Å². The molecule has 0 bridgehead atoms. The number of nitrogens with two attached hydrogens (primary N) is 1. The predicted octanol–water partition coefficient (Wildman–Crippen LogP) is 4.38. The number of hydrogen-bond acceptors (Lipinski definition) is 4. The van der Waals surface area contributed by atoms with E-state index in [0.717, 1.165) is 33.7 Å². The van der Waals surface area contributed by atoms with Crippen LogP contribution in [-0.4, -0.2) is 33.3 Å². The third-order valence-electron chi connectivity index (χ3n) is 4.78. The summed E-state index contributed by atoms with van der Waals surface area (Å²) in [6.45, 7) is 0. The number of fused-ring (bicyclic) bond motifs is 3. The summed E-state index contributed by atoms with van der Waals surface area (Å²) in [6.07, 6.45) is 7.86. The molecule has 136 valence electrons. The van der Waals surface area contributed by atoms with Gasteiger partial charge in [0.05, 0.1) is 11.0 Å². The zero-order chi connectivity index (χ0) is 16.0. The minimum Gasteiger partial charge on any atom is -0.399 e. The number of nitrogen functional groups attached to an aromatic ring is 1. The average molecular weight is 401 g/mol. The Morgan fingerprint density at radius 2 is 2.00 bits per heavy atom. The average Bonchev–Trinajstić information content (AvgIpc) is 3.12. The SMILES string of the molecule is CN(C(=O)c1cn2c(nc3ccc(N)cc32)s1)C1CCCCC1.Cl.Cl. The number of thiazole rings is 1. The van der Waals surface area contributed by atoms with E-state index < -0.39 is 0 Å². The first-order valence-corrected chi connectivity index (χ1v) is 8.89. The third-order valence-corrected chi connectivity index (χ3v) is 5.75. The van der Waals surface area contributed by atoms with Crippen molar-refractivity contribution in [3.8, 4) is 0 Å². The molecule has 0 aliphatic heterocycles. The minimum atomic E-state index is 0. The van der Waals surface area contributed by atoms with E-state index in [-0.39, 0.29) is 30.7 Å². The second kappa shape index (κ2) is 7.81. The molecule has 0 radical (unpaired) electrons. The van der Waals surface area contributed by atoms with E-state index in [1.807, 2.05) is 40.7 Å². The Morgan fingerprint density at radius 1 is 1.28 bits per heavy atom. The van der Waals surface area contributed by atoms with Gasteiger partial charge in [-0.25, -0.2) is 4.98 Å². The van der Waals surface area contributed by atoms with E-state index in [0.29, 0.717) is 11.7 Å². The molecule has 1 aromatic carbocycles. The Labute approximate surface area is 163 Å². The van der Waals surface area contributed by atoms with Crippen LogP contribution in [-0.2, 0) is 0 Å². The molecular weight excluding hydrogens is 379 g/mol. The normalized spacial score (nSPS) is 14.9. The van der Waals surface area contributed by atoms with Crippen LogP contribution in [0.15, 0.2) is 24.4 Å². The van der Waals surface area contributed by atoms with E-state index in [2.05, 4.69) is 4.98 Å². The summed E-state index contributed by atoms with van der Waals surface area (Å²) >= 11 is 1.45. The highest BCUT2D eigenvalue weighted by Crippen LogP contribution is 2.28. The second-order valence-corrected chi connectivity index (χ2v) is 7.32. The number of imidazole rings is 1. The van der Waals surface area contributed by atoms with Crippen molar-refractivity contribution in [2.45, 2.75) is 38.1 Å². The molecule has 3 aromatic rings. The molecule has 0 atom stereocenters. The maximum atomic E-state index is 12.8. The summed E-state index contributed by atoms with van der Waals surface area (Å²) in [6, 6.07) is 6.04. The lowest BCUT2D eigenvalue weighted by Gasteiger charge is -2.30. The lowest BCUT2D eigenvalue weighted by atomic mass is 9.94. The molecule has 1 saturated carbocycles. The highest BCUT2D eigenvalue weighted by atomic mass is 35.5. The number of nitrogens with zero attached hydrogens (tertiary/aromatic N) is 3.